The molecule has 0 aliphatic heterocycles. The van der Waals surface area contributed by atoms with E-state index in [1.165, 1.54) is 5.56 Å². The zero-order valence-corrected chi connectivity index (χ0v) is 11.5. The smallest absolute Gasteiger partial charge is 0.256 e. The summed E-state index contributed by atoms with van der Waals surface area (Å²) in [7, 11) is 0. The summed E-state index contributed by atoms with van der Waals surface area (Å²) >= 11 is 3.46. The molecule has 4 heteroatoms. The molecular weight excluding hydrogens is 300 g/mol. The zero-order chi connectivity index (χ0) is 12.7. The molecule has 1 aliphatic carbocycles. The van der Waals surface area contributed by atoms with Crippen LogP contribution >= 0.6 is 15.9 Å². The van der Waals surface area contributed by atoms with E-state index in [0.29, 0.717) is 0 Å². The molecule has 0 radical (unpaired) electrons. The van der Waals surface area contributed by atoms with Crippen molar-refractivity contribution in [2.24, 2.45) is 0 Å². The molecule has 1 aliphatic rings. The maximum Gasteiger partial charge on any atom is 0.256 e. The lowest BCUT2D eigenvalue weighted by Gasteiger charge is -2.15. The average molecular weight is 314 g/mol. The summed E-state index contributed by atoms with van der Waals surface area (Å²) in [5.41, 5.74) is 3.35. The summed E-state index contributed by atoms with van der Waals surface area (Å²) in [4.78, 5) is 0. The van der Waals surface area contributed by atoms with Crippen LogP contribution in [-0.2, 0) is 19.4 Å². The van der Waals surface area contributed by atoms with Gasteiger partial charge in [-0.2, -0.15) is 0 Å². The Hall–Kier alpha value is -0.900. The zero-order valence-electron chi connectivity index (χ0n) is 9.93. The topological polar surface area (TPSA) is 4.93 Å². The Morgan fingerprint density at radius 3 is 2.78 bits per heavy atom. The Bertz CT molecular complexity index is 589. The van der Waals surface area contributed by atoms with Crippen LogP contribution in [0.4, 0.5) is 8.78 Å². The average Bonchev–Trinajstić information content (AvgIpc) is 2.64. The molecule has 0 fully saturated rings. The van der Waals surface area contributed by atoms with Crippen LogP contribution in [0.2, 0.25) is 0 Å². The van der Waals surface area contributed by atoms with E-state index in [4.69, 9.17) is 0 Å². The lowest BCUT2D eigenvalue weighted by atomic mass is 9.96. The molecule has 0 amide bonds. The highest BCUT2D eigenvalue weighted by Crippen LogP contribution is 2.34. The Labute approximate surface area is 113 Å². The van der Waals surface area contributed by atoms with Crippen LogP contribution in [0.15, 0.2) is 22.7 Å². The first-order valence-corrected chi connectivity index (χ1v) is 7.04. The SMILES string of the molecule is FC(F)Cn1c2c(c3cc(Br)ccc31)CCCC2. The maximum absolute atomic E-state index is 12.7. The van der Waals surface area contributed by atoms with Gasteiger partial charge in [-0.3, -0.25) is 0 Å². The van der Waals surface area contributed by atoms with Crippen molar-refractivity contribution >= 4 is 26.8 Å². The standard InChI is InChI=1S/C14H14BrF2N/c15-9-5-6-13-11(7-9)10-3-1-2-4-12(10)18(13)8-14(16)17/h5-7,14H,1-4,8H2. The summed E-state index contributed by atoms with van der Waals surface area (Å²) in [5.74, 6) is 0. The van der Waals surface area contributed by atoms with Gasteiger partial charge in [-0.05, 0) is 49.4 Å². The van der Waals surface area contributed by atoms with Gasteiger partial charge in [0.2, 0.25) is 0 Å². The van der Waals surface area contributed by atoms with Crippen molar-refractivity contribution in [3.8, 4) is 0 Å². The van der Waals surface area contributed by atoms with Crippen molar-refractivity contribution in [1.82, 2.24) is 4.57 Å². The molecule has 96 valence electrons. The monoisotopic (exact) mass is 313 g/mol. The van der Waals surface area contributed by atoms with Gasteiger partial charge in [0, 0.05) is 21.1 Å². The number of benzene rings is 1. The molecule has 1 aromatic heterocycles. The fraction of sp³-hybridized carbons (Fsp3) is 0.429. The highest BCUT2D eigenvalue weighted by Gasteiger charge is 2.21. The molecule has 18 heavy (non-hydrogen) atoms. The summed E-state index contributed by atoms with van der Waals surface area (Å²) in [5, 5.41) is 1.14. The van der Waals surface area contributed by atoms with Crippen molar-refractivity contribution in [1.29, 1.82) is 0 Å². The molecule has 1 nitrogen and oxygen atoms in total. The first kappa shape index (κ1) is 12.2. The Morgan fingerprint density at radius 2 is 2.00 bits per heavy atom. The number of rotatable bonds is 2. The van der Waals surface area contributed by atoms with E-state index in [2.05, 4.69) is 22.0 Å². The van der Waals surface area contributed by atoms with Crippen LogP contribution < -0.4 is 0 Å². The second kappa shape index (κ2) is 4.65. The predicted octanol–water partition coefficient (Wildman–Crippen LogP) is 4.55. The van der Waals surface area contributed by atoms with Gasteiger partial charge in [0.15, 0.2) is 0 Å². The van der Waals surface area contributed by atoms with Gasteiger partial charge in [-0.1, -0.05) is 15.9 Å². The summed E-state index contributed by atoms with van der Waals surface area (Å²) in [6, 6.07) is 5.93. The predicted molar refractivity (Wildman–Crippen MR) is 72.3 cm³/mol. The van der Waals surface area contributed by atoms with Crippen LogP contribution in [0.1, 0.15) is 24.1 Å². The minimum Gasteiger partial charge on any atom is -0.339 e. The number of aryl methyl sites for hydroxylation is 1. The van der Waals surface area contributed by atoms with E-state index in [9.17, 15) is 8.78 Å². The number of nitrogens with zero attached hydrogens (tertiary/aromatic N) is 1. The minimum absolute atomic E-state index is 0.187. The van der Waals surface area contributed by atoms with Crippen LogP contribution in [0.25, 0.3) is 10.9 Å². The number of aromatic nitrogens is 1. The van der Waals surface area contributed by atoms with Gasteiger partial charge in [-0.15, -0.1) is 0 Å². The van der Waals surface area contributed by atoms with Gasteiger partial charge >= 0.3 is 0 Å². The molecule has 0 unspecified atom stereocenters. The first-order chi connectivity index (χ1) is 8.66. The van der Waals surface area contributed by atoms with Crippen molar-refractivity contribution in [2.75, 3.05) is 0 Å². The Morgan fingerprint density at radius 1 is 1.22 bits per heavy atom. The van der Waals surface area contributed by atoms with Gasteiger partial charge in [0.25, 0.3) is 6.43 Å². The van der Waals surface area contributed by atoms with Crippen LogP contribution in [0.5, 0.6) is 0 Å². The van der Waals surface area contributed by atoms with E-state index in [1.807, 2.05) is 16.7 Å². The highest BCUT2D eigenvalue weighted by molar-refractivity contribution is 9.10. The van der Waals surface area contributed by atoms with Gasteiger partial charge in [-0.25, -0.2) is 8.78 Å². The molecule has 0 bridgehead atoms. The van der Waals surface area contributed by atoms with Crippen molar-refractivity contribution in [3.63, 3.8) is 0 Å². The van der Waals surface area contributed by atoms with Crippen molar-refractivity contribution in [2.45, 2.75) is 38.7 Å². The van der Waals surface area contributed by atoms with Gasteiger partial charge < -0.3 is 4.57 Å². The van der Waals surface area contributed by atoms with E-state index in [-0.39, 0.29) is 6.54 Å². The molecule has 3 rings (SSSR count). The fourth-order valence-corrected chi connectivity index (χ4v) is 3.32. The Kier molecular flexibility index (Phi) is 3.14. The number of fused-ring (bicyclic) bond motifs is 3. The summed E-state index contributed by atoms with van der Waals surface area (Å²) < 4.78 is 28.3. The summed E-state index contributed by atoms with van der Waals surface area (Å²) in [6.07, 6.45) is 1.91. The summed E-state index contributed by atoms with van der Waals surface area (Å²) in [6.45, 7) is -0.187. The molecule has 0 atom stereocenters. The third kappa shape index (κ3) is 1.96. The third-order valence-electron chi connectivity index (χ3n) is 3.66. The Balaban J connectivity index is 2.25. The largest absolute Gasteiger partial charge is 0.339 e. The van der Waals surface area contributed by atoms with Crippen molar-refractivity contribution < 1.29 is 8.78 Å². The second-order valence-electron chi connectivity index (χ2n) is 4.80. The normalized spacial score (nSPS) is 15.3. The quantitative estimate of drug-likeness (QED) is 0.766. The molecule has 0 saturated carbocycles. The second-order valence-corrected chi connectivity index (χ2v) is 5.71. The molecular formula is C14H14BrF2N. The van der Waals surface area contributed by atoms with Crippen LogP contribution in [0, 0.1) is 0 Å². The number of halogens is 3. The number of hydrogen-bond donors (Lipinski definition) is 0. The van der Waals surface area contributed by atoms with Crippen LogP contribution in [-0.4, -0.2) is 11.0 Å². The molecule has 1 aromatic carbocycles. The van der Waals surface area contributed by atoms with Crippen molar-refractivity contribution in [3.05, 3.63) is 33.9 Å². The van der Waals surface area contributed by atoms with E-state index in [0.717, 1.165) is 46.8 Å². The van der Waals surface area contributed by atoms with Gasteiger partial charge in [0.05, 0.1) is 6.54 Å². The number of alkyl halides is 2. The number of hydrogen-bond acceptors (Lipinski definition) is 0. The maximum atomic E-state index is 12.7. The highest BCUT2D eigenvalue weighted by atomic mass is 79.9. The molecule has 0 N–H and O–H groups in total. The molecule has 2 aromatic rings. The van der Waals surface area contributed by atoms with Crippen LogP contribution in [0.3, 0.4) is 0 Å². The van der Waals surface area contributed by atoms with E-state index in [1.54, 1.807) is 0 Å². The third-order valence-corrected chi connectivity index (χ3v) is 4.15. The fourth-order valence-electron chi connectivity index (χ4n) is 2.95. The molecule has 1 heterocycles. The lowest BCUT2D eigenvalue weighted by Crippen LogP contribution is -2.12. The molecule has 0 spiro atoms. The molecule has 0 saturated heterocycles. The first-order valence-electron chi connectivity index (χ1n) is 6.24. The lowest BCUT2D eigenvalue weighted by molar-refractivity contribution is 0.127. The van der Waals surface area contributed by atoms with E-state index < -0.39 is 6.43 Å². The minimum atomic E-state index is -2.30. The van der Waals surface area contributed by atoms with E-state index >= 15 is 0 Å². The van der Waals surface area contributed by atoms with Gasteiger partial charge in [0.1, 0.15) is 0 Å².